The molecule has 1 atom stereocenters. The molecule has 0 radical (unpaired) electrons. The maximum absolute atomic E-state index is 12.5. The molecular formula is C15H14N2O3. The van der Waals surface area contributed by atoms with Gasteiger partial charge in [-0.1, -0.05) is 0 Å². The molecule has 5 heteroatoms. The van der Waals surface area contributed by atoms with Gasteiger partial charge in [0.25, 0.3) is 0 Å². The second-order valence-electron chi connectivity index (χ2n) is 5.28. The Morgan fingerprint density at radius 3 is 2.85 bits per heavy atom. The highest BCUT2D eigenvalue weighted by Gasteiger charge is 2.34. The molecule has 2 aromatic rings. The summed E-state index contributed by atoms with van der Waals surface area (Å²) < 4.78 is 0. The molecule has 3 rings (SSSR count). The molecule has 0 unspecified atom stereocenters. The molecule has 102 valence electrons. The Kier molecular flexibility index (Phi) is 2.71. The number of aryl methyl sites for hydroxylation is 1. The van der Waals surface area contributed by atoms with Crippen LogP contribution in [0.1, 0.15) is 27.9 Å². The Balaban J connectivity index is 2.24. The molecule has 0 aliphatic heterocycles. The van der Waals surface area contributed by atoms with Crippen LogP contribution in [0.3, 0.4) is 0 Å². The van der Waals surface area contributed by atoms with Gasteiger partial charge in [-0.2, -0.15) is 0 Å². The van der Waals surface area contributed by atoms with Crippen LogP contribution in [-0.2, 0) is 11.2 Å². The zero-order chi connectivity index (χ0) is 14.4. The molecule has 1 aliphatic carbocycles. The van der Waals surface area contributed by atoms with Crippen molar-refractivity contribution in [2.75, 3.05) is 0 Å². The van der Waals surface area contributed by atoms with Crippen LogP contribution < -0.4 is 11.3 Å². The van der Waals surface area contributed by atoms with Crippen LogP contribution in [0.25, 0.3) is 10.8 Å². The maximum atomic E-state index is 12.5. The van der Waals surface area contributed by atoms with Crippen molar-refractivity contribution in [1.29, 1.82) is 0 Å². The van der Waals surface area contributed by atoms with Gasteiger partial charge in [0, 0.05) is 30.2 Å². The number of nitrogens with two attached hydrogens (primary N) is 1. The van der Waals surface area contributed by atoms with Gasteiger partial charge < -0.3 is 10.7 Å². The molecule has 1 aromatic carbocycles. The van der Waals surface area contributed by atoms with Gasteiger partial charge in [0.05, 0.1) is 0 Å². The normalized spacial score (nSPS) is 17.4. The number of hydrogen-bond donors (Lipinski definition) is 2. The fraction of sp³-hybridized carbons (Fsp3) is 0.267. The molecule has 0 bridgehead atoms. The fourth-order valence-electron chi connectivity index (χ4n) is 2.99. The van der Waals surface area contributed by atoms with Crippen molar-refractivity contribution in [3.8, 4) is 0 Å². The summed E-state index contributed by atoms with van der Waals surface area (Å²) in [5.41, 5.74) is 7.47. The third-order valence-electron chi connectivity index (χ3n) is 3.89. The van der Waals surface area contributed by atoms with Crippen molar-refractivity contribution in [3.63, 3.8) is 0 Å². The predicted molar refractivity (Wildman–Crippen MR) is 74.6 cm³/mol. The summed E-state index contributed by atoms with van der Waals surface area (Å²) in [6.45, 7) is 1.93. The summed E-state index contributed by atoms with van der Waals surface area (Å²) in [5.74, 6) is -0.958. The first-order valence-corrected chi connectivity index (χ1v) is 6.45. The zero-order valence-corrected chi connectivity index (χ0v) is 11.0. The number of nitrogens with one attached hydrogen (secondary N) is 1. The van der Waals surface area contributed by atoms with E-state index in [1.165, 1.54) is 6.07 Å². The summed E-state index contributed by atoms with van der Waals surface area (Å²) in [5, 5.41) is 1.49. The van der Waals surface area contributed by atoms with Crippen molar-refractivity contribution in [2.45, 2.75) is 19.8 Å². The van der Waals surface area contributed by atoms with Gasteiger partial charge in [-0.15, -0.1) is 0 Å². The van der Waals surface area contributed by atoms with E-state index >= 15 is 0 Å². The van der Waals surface area contributed by atoms with Gasteiger partial charge in [-0.25, -0.2) is 0 Å². The van der Waals surface area contributed by atoms with Gasteiger partial charge in [0.2, 0.25) is 11.5 Å². The zero-order valence-electron chi connectivity index (χ0n) is 11.0. The van der Waals surface area contributed by atoms with E-state index in [1.807, 2.05) is 13.0 Å². The number of rotatable bonds is 2. The van der Waals surface area contributed by atoms with Crippen LogP contribution >= 0.6 is 0 Å². The average molecular weight is 270 g/mol. The number of fused-ring (bicyclic) bond motifs is 3. The number of carbonyl (C=O) groups is 2. The lowest BCUT2D eigenvalue weighted by Gasteiger charge is -2.07. The second kappa shape index (κ2) is 4.30. The van der Waals surface area contributed by atoms with E-state index in [9.17, 15) is 14.4 Å². The SMILES string of the molecule is Cc1cc2c[nH]c(=O)cc2c2c1C[C@H](CC(N)=O)C2=O. The third-order valence-corrected chi connectivity index (χ3v) is 3.89. The number of ketones is 1. The summed E-state index contributed by atoms with van der Waals surface area (Å²) >= 11 is 0. The fourth-order valence-corrected chi connectivity index (χ4v) is 2.99. The molecule has 3 N–H and O–H groups in total. The lowest BCUT2D eigenvalue weighted by molar-refractivity contribution is -0.118. The quantitative estimate of drug-likeness (QED) is 0.854. The summed E-state index contributed by atoms with van der Waals surface area (Å²) in [4.78, 5) is 37.7. The first-order chi connectivity index (χ1) is 9.47. The molecular weight excluding hydrogens is 256 g/mol. The van der Waals surface area contributed by atoms with E-state index in [-0.39, 0.29) is 17.8 Å². The van der Waals surface area contributed by atoms with E-state index < -0.39 is 11.8 Å². The van der Waals surface area contributed by atoms with E-state index in [1.54, 1.807) is 6.20 Å². The number of aromatic amines is 1. The molecule has 5 nitrogen and oxygen atoms in total. The van der Waals surface area contributed by atoms with Crippen LogP contribution in [0.4, 0.5) is 0 Å². The number of H-pyrrole nitrogens is 1. The molecule has 0 saturated carbocycles. The van der Waals surface area contributed by atoms with E-state index in [0.717, 1.165) is 16.5 Å². The van der Waals surface area contributed by atoms with Crippen molar-refractivity contribution in [2.24, 2.45) is 11.7 Å². The van der Waals surface area contributed by atoms with Crippen LogP contribution in [-0.4, -0.2) is 16.7 Å². The second-order valence-corrected chi connectivity index (χ2v) is 5.28. The third kappa shape index (κ3) is 1.82. The molecule has 0 saturated heterocycles. The van der Waals surface area contributed by atoms with Crippen LogP contribution in [0.5, 0.6) is 0 Å². The molecule has 1 amide bonds. The minimum atomic E-state index is -0.476. The highest BCUT2D eigenvalue weighted by Crippen LogP contribution is 2.35. The molecule has 1 aromatic heterocycles. The highest BCUT2D eigenvalue weighted by atomic mass is 16.1. The number of amides is 1. The maximum Gasteiger partial charge on any atom is 0.248 e. The Morgan fingerprint density at radius 2 is 2.15 bits per heavy atom. The van der Waals surface area contributed by atoms with Crippen molar-refractivity contribution >= 4 is 22.5 Å². The van der Waals surface area contributed by atoms with Crippen molar-refractivity contribution < 1.29 is 9.59 Å². The minimum Gasteiger partial charge on any atom is -0.370 e. The molecule has 1 heterocycles. The molecule has 20 heavy (non-hydrogen) atoms. The molecule has 0 spiro atoms. The first-order valence-electron chi connectivity index (χ1n) is 6.45. The lowest BCUT2D eigenvalue weighted by Crippen LogP contribution is -2.20. The van der Waals surface area contributed by atoms with E-state index in [0.29, 0.717) is 17.4 Å². The Hall–Kier alpha value is -2.43. The van der Waals surface area contributed by atoms with Crippen LogP contribution in [0.15, 0.2) is 23.1 Å². The van der Waals surface area contributed by atoms with Gasteiger partial charge in [0.15, 0.2) is 5.78 Å². The first kappa shape index (κ1) is 12.6. The summed E-state index contributed by atoms with van der Waals surface area (Å²) in [6.07, 6.45) is 2.18. The standard InChI is InChI=1S/C15H14N2O3/c1-7-2-9-6-17-13(19)5-11(9)14-10(7)3-8(15(14)20)4-12(16)18/h2,5-6,8H,3-4H2,1H3,(H2,16,18)(H,17,19)/t8-/m1/s1. The number of Topliss-reactive ketones (excluding diaryl/α,β-unsaturated/α-hetero) is 1. The number of hydrogen-bond acceptors (Lipinski definition) is 3. The lowest BCUT2D eigenvalue weighted by atomic mass is 9.97. The summed E-state index contributed by atoms with van der Waals surface area (Å²) in [7, 11) is 0. The largest absolute Gasteiger partial charge is 0.370 e. The predicted octanol–water partition coefficient (Wildman–Crippen LogP) is 1.07. The minimum absolute atomic E-state index is 0.0532. The topological polar surface area (TPSA) is 93.0 Å². The van der Waals surface area contributed by atoms with Gasteiger partial charge >= 0.3 is 0 Å². The molecule has 1 aliphatic rings. The van der Waals surface area contributed by atoms with Crippen molar-refractivity contribution in [1.82, 2.24) is 4.98 Å². The Labute approximate surface area is 114 Å². The van der Waals surface area contributed by atoms with Gasteiger partial charge in [0.1, 0.15) is 0 Å². The Bertz CT molecular complexity index is 805. The highest BCUT2D eigenvalue weighted by molar-refractivity contribution is 6.13. The van der Waals surface area contributed by atoms with Crippen LogP contribution in [0.2, 0.25) is 0 Å². The summed E-state index contributed by atoms with van der Waals surface area (Å²) in [6, 6.07) is 3.39. The van der Waals surface area contributed by atoms with Gasteiger partial charge in [-0.3, -0.25) is 14.4 Å². The Morgan fingerprint density at radius 1 is 1.40 bits per heavy atom. The monoisotopic (exact) mass is 270 g/mol. The number of benzene rings is 1. The average Bonchev–Trinajstić information content (AvgIpc) is 2.69. The van der Waals surface area contributed by atoms with Gasteiger partial charge in [-0.05, 0) is 41.3 Å². The number of primary amides is 1. The van der Waals surface area contributed by atoms with Crippen LogP contribution in [0, 0.1) is 12.8 Å². The molecule has 0 fully saturated rings. The van der Waals surface area contributed by atoms with E-state index in [4.69, 9.17) is 5.73 Å². The smallest absolute Gasteiger partial charge is 0.248 e. The number of carbonyl (C=O) groups excluding carboxylic acids is 2. The number of aromatic nitrogens is 1. The number of pyridine rings is 1. The van der Waals surface area contributed by atoms with Crippen molar-refractivity contribution in [3.05, 3.63) is 45.4 Å². The van der Waals surface area contributed by atoms with E-state index in [2.05, 4.69) is 4.98 Å².